The van der Waals surface area contributed by atoms with Gasteiger partial charge in [-0.1, -0.05) is 6.92 Å². The van der Waals surface area contributed by atoms with Gasteiger partial charge in [-0.2, -0.15) is 0 Å². The van der Waals surface area contributed by atoms with E-state index in [9.17, 15) is 4.39 Å². The zero-order valence-corrected chi connectivity index (χ0v) is 12.0. The van der Waals surface area contributed by atoms with Gasteiger partial charge in [0.15, 0.2) is 0 Å². The SMILES string of the molecule is CCCNc1cc(Nc2ccc(F)cc2Br)ncn1. The van der Waals surface area contributed by atoms with Gasteiger partial charge in [-0.15, -0.1) is 0 Å². The predicted octanol–water partition coefficient (Wildman–Crippen LogP) is 3.94. The molecule has 0 unspecified atom stereocenters. The van der Waals surface area contributed by atoms with Crippen molar-refractivity contribution >= 4 is 33.3 Å². The highest BCUT2D eigenvalue weighted by molar-refractivity contribution is 9.10. The summed E-state index contributed by atoms with van der Waals surface area (Å²) in [6.07, 6.45) is 2.51. The first-order valence-electron chi connectivity index (χ1n) is 5.97. The van der Waals surface area contributed by atoms with Gasteiger partial charge in [0.25, 0.3) is 0 Å². The van der Waals surface area contributed by atoms with E-state index < -0.39 is 0 Å². The van der Waals surface area contributed by atoms with Crippen LogP contribution in [0.2, 0.25) is 0 Å². The minimum Gasteiger partial charge on any atom is -0.370 e. The smallest absolute Gasteiger partial charge is 0.135 e. The Morgan fingerprint density at radius 3 is 2.74 bits per heavy atom. The molecule has 100 valence electrons. The van der Waals surface area contributed by atoms with Crippen LogP contribution in [0.3, 0.4) is 0 Å². The Morgan fingerprint density at radius 2 is 2.00 bits per heavy atom. The van der Waals surface area contributed by atoms with Crippen molar-refractivity contribution in [1.82, 2.24) is 9.97 Å². The highest BCUT2D eigenvalue weighted by Crippen LogP contribution is 2.26. The first kappa shape index (κ1) is 13.7. The monoisotopic (exact) mass is 324 g/mol. The maximum atomic E-state index is 13.0. The van der Waals surface area contributed by atoms with Crippen LogP contribution in [-0.4, -0.2) is 16.5 Å². The minimum absolute atomic E-state index is 0.287. The molecule has 19 heavy (non-hydrogen) atoms. The van der Waals surface area contributed by atoms with E-state index >= 15 is 0 Å². The van der Waals surface area contributed by atoms with Crippen molar-refractivity contribution < 1.29 is 4.39 Å². The van der Waals surface area contributed by atoms with Crippen LogP contribution >= 0.6 is 15.9 Å². The number of rotatable bonds is 5. The molecule has 1 heterocycles. The minimum atomic E-state index is -0.287. The first-order valence-corrected chi connectivity index (χ1v) is 6.76. The topological polar surface area (TPSA) is 49.8 Å². The highest BCUT2D eigenvalue weighted by atomic mass is 79.9. The predicted molar refractivity (Wildman–Crippen MR) is 78.2 cm³/mol. The Labute approximate surface area is 119 Å². The lowest BCUT2D eigenvalue weighted by Crippen LogP contribution is -2.03. The van der Waals surface area contributed by atoms with Crippen LogP contribution in [0.15, 0.2) is 35.1 Å². The fraction of sp³-hybridized carbons (Fsp3) is 0.231. The summed E-state index contributed by atoms with van der Waals surface area (Å²) < 4.78 is 13.6. The molecule has 1 aromatic carbocycles. The molecule has 2 aromatic rings. The van der Waals surface area contributed by atoms with E-state index in [0.29, 0.717) is 10.3 Å². The summed E-state index contributed by atoms with van der Waals surface area (Å²) in [4.78, 5) is 8.25. The number of anilines is 3. The second-order valence-corrected chi connectivity index (χ2v) is 4.82. The third-order valence-corrected chi connectivity index (χ3v) is 3.07. The van der Waals surface area contributed by atoms with Crippen LogP contribution in [0.5, 0.6) is 0 Å². The molecule has 0 aliphatic carbocycles. The molecule has 0 atom stereocenters. The molecule has 0 radical (unpaired) electrons. The average Bonchev–Trinajstić information content (AvgIpc) is 2.40. The van der Waals surface area contributed by atoms with Gasteiger partial charge >= 0.3 is 0 Å². The van der Waals surface area contributed by atoms with E-state index in [-0.39, 0.29) is 5.82 Å². The van der Waals surface area contributed by atoms with Gasteiger partial charge in [-0.05, 0) is 40.5 Å². The van der Waals surface area contributed by atoms with Crippen LogP contribution < -0.4 is 10.6 Å². The van der Waals surface area contributed by atoms with Crippen molar-refractivity contribution in [2.75, 3.05) is 17.2 Å². The van der Waals surface area contributed by atoms with Crippen molar-refractivity contribution in [1.29, 1.82) is 0 Å². The molecule has 0 amide bonds. The normalized spacial score (nSPS) is 10.3. The molecular weight excluding hydrogens is 311 g/mol. The molecule has 2 N–H and O–H groups in total. The lowest BCUT2D eigenvalue weighted by atomic mass is 10.3. The average molecular weight is 325 g/mol. The molecule has 0 fully saturated rings. The second-order valence-electron chi connectivity index (χ2n) is 3.96. The van der Waals surface area contributed by atoms with Gasteiger partial charge in [0.1, 0.15) is 23.8 Å². The number of nitrogens with one attached hydrogen (secondary N) is 2. The van der Waals surface area contributed by atoms with E-state index in [1.807, 2.05) is 6.07 Å². The summed E-state index contributed by atoms with van der Waals surface area (Å²) in [7, 11) is 0. The highest BCUT2D eigenvalue weighted by Gasteiger charge is 2.04. The quantitative estimate of drug-likeness (QED) is 0.874. The molecule has 0 spiro atoms. The van der Waals surface area contributed by atoms with E-state index in [0.717, 1.165) is 24.5 Å². The molecule has 2 rings (SSSR count). The van der Waals surface area contributed by atoms with Crippen LogP contribution in [0.4, 0.5) is 21.7 Å². The van der Waals surface area contributed by atoms with E-state index in [1.54, 1.807) is 6.07 Å². The fourth-order valence-corrected chi connectivity index (χ4v) is 1.95. The zero-order valence-electron chi connectivity index (χ0n) is 10.5. The molecule has 0 bridgehead atoms. The zero-order chi connectivity index (χ0) is 13.7. The standard InChI is InChI=1S/C13H14BrFN4/c1-2-5-16-12-7-13(18-8-17-12)19-11-4-3-9(15)6-10(11)14/h3-4,6-8H,2,5H2,1H3,(H2,16,17,18,19). The molecule has 0 saturated carbocycles. The number of aromatic nitrogens is 2. The molecular formula is C13H14BrFN4. The number of hydrogen-bond acceptors (Lipinski definition) is 4. The Morgan fingerprint density at radius 1 is 1.21 bits per heavy atom. The maximum Gasteiger partial charge on any atom is 0.135 e. The molecule has 0 aliphatic rings. The number of benzene rings is 1. The van der Waals surface area contributed by atoms with Gasteiger partial charge in [0.05, 0.1) is 5.69 Å². The van der Waals surface area contributed by atoms with Gasteiger partial charge in [0.2, 0.25) is 0 Å². The third-order valence-electron chi connectivity index (χ3n) is 2.42. The molecule has 0 aliphatic heterocycles. The summed E-state index contributed by atoms with van der Waals surface area (Å²) in [6.45, 7) is 2.94. The largest absolute Gasteiger partial charge is 0.370 e. The molecule has 1 aromatic heterocycles. The molecule has 6 heteroatoms. The summed E-state index contributed by atoms with van der Waals surface area (Å²) in [6, 6.07) is 6.26. The van der Waals surface area contributed by atoms with Gasteiger partial charge in [-0.25, -0.2) is 14.4 Å². The van der Waals surface area contributed by atoms with E-state index in [2.05, 4.69) is 43.5 Å². The Bertz CT molecular complexity index is 562. The number of halogens is 2. The Kier molecular flexibility index (Phi) is 4.68. The summed E-state index contributed by atoms with van der Waals surface area (Å²) in [5.41, 5.74) is 0.751. The van der Waals surface area contributed by atoms with Crippen LogP contribution in [0, 0.1) is 5.82 Å². The van der Waals surface area contributed by atoms with Gasteiger partial charge in [-0.3, -0.25) is 0 Å². The summed E-state index contributed by atoms with van der Waals surface area (Å²) >= 11 is 3.30. The maximum absolute atomic E-state index is 13.0. The van der Waals surface area contributed by atoms with Crippen LogP contribution in [-0.2, 0) is 0 Å². The van der Waals surface area contributed by atoms with Crippen LogP contribution in [0.1, 0.15) is 13.3 Å². The lowest BCUT2D eigenvalue weighted by molar-refractivity contribution is 0.627. The second kappa shape index (κ2) is 6.47. The van der Waals surface area contributed by atoms with Crippen molar-refractivity contribution in [2.24, 2.45) is 0 Å². The number of nitrogens with zero attached hydrogens (tertiary/aromatic N) is 2. The number of hydrogen-bond donors (Lipinski definition) is 2. The molecule has 0 saturated heterocycles. The van der Waals surface area contributed by atoms with Crippen LogP contribution in [0.25, 0.3) is 0 Å². The van der Waals surface area contributed by atoms with Crippen molar-refractivity contribution in [3.05, 3.63) is 40.9 Å². The van der Waals surface area contributed by atoms with Crippen molar-refractivity contribution in [3.63, 3.8) is 0 Å². The molecule has 4 nitrogen and oxygen atoms in total. The fourth-order valence-electron chi connectivity index (χ4n) is 1.50. The first-order chi connectivity index (χ1) is 9.19. The lowest BCUT2D eigenvalue weighted by Gasteiger charge is -2.09. The van der Waals surface area contributed by atoms with Gasteiger partial charge < -0.3 is 10.6 Å². The van der Waals surface area contributed by atoms with E-state index in [4.69, 9.17) is 0 Å². The summed E-state index contributed by atoms with van der Waals surface area (Å²) in [5, 5.41) is 6.29. The van der Waals surface area contributed by atoms with Crippen molar-refractivity contribution in [2.45, 2.75) is 13.3 Å². The van der Waals surface area contributed by atoms with E-state index in [1.165, 1.54) is 18.5 Å². The third kappa shape index (κ3) is 3.89. The van der Waals surface area contributed by atoms with Crippen molar-refractivity contribution in [3.8, 4) is 0 Å². The Balaban J connectivity index is 2.14. The Hall–Kier alpha value is -1.69. The summed E-state index contributed by atoms with van der Waals surface area (Å²) in [5.74, 6) is 1.13. The van der Waals surface area contributed by atoms with Gasteiger partial charge in [0, 0.05) is 17.1 Å².